The molecule has 0 N–H and O–H groups in total. The van der Waals surface area contributed by atoms with E-state index >= 15 is 0 Å². The number of carboxylic acids is 1. The van der Waals surface area contributed by atoms with Gasteiger partial charge in [0.1, 0.15) is 5.75 Å². The third kappa shape index (κ3) is 3.81. The molecule has 1 aliphatic rings. The lowest BCUT2D eigenvalue weighted by Crippen LogP contribution is -2.23. The summed E-state index contributed by atoms with van der Waals surface area (Å²) in [5.74, 6) is 1.02. The number of carboxylic acid groups (broad SMARTS) is 1. The predicted octanol–water partition coefficient (Wildman–Crippen LogP) is 4.76. The highest BCUT2D eigenvalue weighted by atomic mass is 35.5. The van der Waals surface area contributed by atoms with Crippen molar-refractivity contribution >= 4 is 50.6 Å². The van der Waals surface area contributed by atoms with E-state index in [0.29, 0.717) is 38.5 Å². The van der Waals surface area contributed by atoms with E-state index in [1.165, 1.54) is 23.7 Å². The van der Waals surface area contributed by atoms with E-state index in [0.717, 1.165) is 10.1 Å². The molecule has 4 aromatic rings. The van der Waals surface area contributed by atoms with Gasteiger partial charge in [0.25, 0.3) is 0 Å². The largest absolute Gasteiger partial charge is 0.545 e. The zero-order valence-corrected chi connectivity index (χ0v) is 17.4. The van der Waals surface area contributed by atoms with Crippen molar-refractivity contribution in [3.63, 3.8) is 0 Å². The van der Waals surface area contributed by atoms with Crippen molar-refractivity contribution in [1.82, 2.24) is 4.98 Å². The fourth-order valence-electron chi connectivity index (χ4n) is 3.23. The minimum absolute atomic E-state index is 0.0231. The van der Waals surface area contributed by atoms with Gasteiger partial charge in [-0.2, -0.15) is 0 Å². The molecule has 0 atom stereocenters. The molecule has 0 fully saturated rings. The number of halogens is 1. The quantitative estimate of drug-likeness (QED) is 0.408. The molecule has 0 bridgehead atoms. The van der Waals surface area contributed by atoms with Crippen molar-refractivity contribution in [2.45, 2.75) is 0 Å². The summed E-state index contributed by atoms with van der Waals surface area (Å²) < 4.78 is 18.0. The number of ether oxygens (including phenoxy) is 3. The summed E-state index contributed by atoms with van der Waals surface area (Å²) in [6.45, 7) is 0.156. The van der Waals surface area contributed by atoms with Crippen LogP contribution in [0.15, 0.2) is 60.9 Å². The van der Waals surface area contributed by atoms with Gasteiger partial charge in [-0.3, -0.25) is 4.98 Å². The topological polar surface area (TPSA) is 80.7 Å². The number of hydrogen-bond donors (Lipinski definition) is 0. The molecule has 31 heavy (non-hydrogen) atoms. The number of pyridine rings is 1. The van der Waals surface area contributed by atoms with Crippen molar-refractivity contribution in [2.24, 2.45) is 0 Å². The van der Waals surface area contributed by atoms with Crippen LogP contribution in [0.5, 0.6) is 23.0 Å². The number of benzene rings is 2. The first kappa shape index (κ1) is 19.4. The van der Waals surface area contributed by atoms with Crippen LogP contribution in [0.4, 0.5) is 0 Å². The highest BCUT2D eigenvalue weighted by molar-refractivity contribution is 7.20. The summed E-state index contributed by atoms with van der Waals surface area (Å²) in [5, 5.41) is 13.3. The zero-order chi connectivity index (χ0) is 21.4. The predicted molar refractivity (Wildman–Crippen MR) is 117 cm³/mol. The molecule has 2 aromatic heterocycles. The van der Waals surface area contributed by atoms with E-state index in [9.17, 15) is 9.90 Å². The van der Waals surface area contributed by atoms with Crippen LogP contribution < -0.4 is 19.3 Å². The molecule has 0 saturated heterocycles. The fraction of sp³-hybridized carbons (Fsp3) is 0.0435. The molecule has 2 aromatic carbocycles. The first-order valence-electron chi connectivity index (χ1n) is 9.21. The average Bonchev–Trinajstić information content (AvgIpc) is 3.36. The van der Waals surface area contributed by atoms with Crippen molar-refractivity contribution < 1.29 is 24.1 Å². The number of nitrogens with zero attached hydrogens (tertiary/aromatic N) is 1. The Hall–Kier alpha value is -3.55. The number of rotatable bonds is 5. The SMILES string of the molecule is O=C([O-])/C(=C/c1sc2cc3c(cc2c1Oc1ccc(Cl)cc1)OCO3)c1ccncc1. The molecule has 0 saturated carbocycles. The number of thiophene rings is 1. The van der Waals surface area contributed by atoms with E-state index in [4.69, 9.17) is 25.8 Å². The molecule has 0 unspecified atom stereocenters. The smallest absolute Gasteiger partial charge is 0.231 e. The lowest BCUT2D eigenvalue weighted by molar-refractivity contribution is -0.295. The number of aliphatic carboxylic acids is 1. The van der Waals surface area contributed by atoms with Crippen LogP contribution in [-0.4, -0.2) is 17.7 Å². The first-order valence-corrected chi connectivity index (χ1v) is 10.4. The molecule has 0 aliphatic carbocycles. The highest BCUT2D eigenvalue weighted by Crippen LogP contribution is 2.47. The molecule has 5 rings (SSSR count). The summed E-state index contributed by atoms with van der Waals surface area (Å²) in [5.41, 5.74) is 0.508. The van der Waals surface area contributed by atoms with E-state index < -0.39 is 5.97 Å². The minimum Gasteiger partial charge on any atom is -0.545 e. The van der Waals surface area contributed by atoms with Gasteiger partial charge in [0.2, 0.25) is 6.79 Å². The maximum atomic E-state index is 11.9. The Morgan fingerprint density at radius 3 is 2.52 bits per heavy atom. The van der Waals surface area contributed by atoms with Gasteiger partial charge in [0.15, 0.2) is 17.2 Å². The van der Waals surface area contributed by atoms with E-state index in [1.54, 1.807) is 42.5 Å². The number of fused-ring (bicyclic) bond motifs is 2. The fourth-order valence-corrected chi connectivity index (χ4v) is 4.44. The molecular formula is C23H13ClNO5S-. The summed E-state index contributed by atoms with van der Waals surface area (Å²) >= 11 is 7.37. The van der Waals surface area contributed by atoms with Gasteiger partial charge in [0, 0.05) is 39.1 Å². The Labute approximate surface area is 185 Å². The third-order valence-corrected chi connectivity index (χ3v) is 6.02. The van der Waals surface area contributed by atoms with Crippen LogP contribution in [0.3, 0.4) is 0 Å². The van der Waals surface area contributed by atoms with Gasteiger partial charge >= 0.3 is 0 Å². The Kier molecular flexibility index (Phi) is 4.97. The Balaban J connectivity index is 1.69. The van der Waals surface area contributed by atoms with Gasteiger partial charge in [-0.15, -0.1) is 11.3 Å². The number of aromatic nitrogens is 1. The van der Waals surface area contributed by atoms with Crippen LogP contribution in [0, 0.1) is 0 Å². The molecule has 154 valence electrons. The summed E-state index contributed by atoms with van der Waals surface area (Å²) in [6, 6.07) is 13.9. The average molecular weight is 451 g/mol. The van der Waals surface area contributed by atoms with E-state index in [1.807, 2.05) is 12.1 Å². The molecule has 0 radical (unpaired) electrons. The zero-order valence-electron chi connectivity index (χ0n) is 15.8. The maximum absolute atomic E-state index is 11.9. The molecule has 8 heteroatoms. The lowest BCUT2D eigenvalue weighted by Gasteiger charge is -2.10. The highest BCUT2D eigenvalue weighted by Gasteiger charge is 2.21. The van der Waals surface area contributed by atoms with Crippen molar-refractivity contribution in [3.8, 4) is 23.0 Å². The second kappa shape index (κ2) is 7.94. The van der Waals surface area contributed by atoms with E-state index in [2.05, 4.69) is 4.98 Å². The van der Waals surface area contributed by atoms with Crippen LogP contribution in [-0.2, 0) is 4.79 Å². The second-order valence-corrected chi connectivity index (χ2v) is 8.15. The first-order chi connectivity index (χ1) is 15.1. The van der Waals surface area contributed by atoms with Crippen molar-refractivity contribution in [2.75, 3.05) is 6.79 Å². The maximum Gasteiger partial charge on any atom is 0.231 e. The molecular weight excluding hydrogens is 438 g/mol. The lowest BCUT2D eigenvalue weighted by atomic mass is 10.1. The van der Waals surface area contributed by atoms with Crippen molar-refractivity contribution in [1.29, 1.82) is 0 Å². The van der Waals surface area contributed by atoms with Gasteiger partial charge in [0.05, 0.1) is 10.8 Å². The van der Waals surface area contributed by atoms with Gasteiger partial charge < -0.3 is 24.1 Å². The van der Waals surface area contributed by atoms with Crippen LogP contribution in [0.25, 0.3) is 21.7 Å². The normalized spacial score (nSPS) is 12.9. The summed E-state index contributed by atoms with van der Waals surface area (Å²) in [7, 11) is 0. The standard InChI is InChI=1S/C23H14ClNO5S/c24-14-1-3-15(4-2-14)30-22-17-9-18-19(29-12-28-18)11-20(17)31-21(22)10-16(23(26)27)13-5-7-25-8-6-13/h1-11H,12H2,(H,26,27)/p-1/b16-10+. The summed E-state index contributed by atoms with van der Waals surface area (Å²) in [6.07, 6.45) is 4.61. The minimum atomic E-state index is -1.30. The van der Waals surface area contributed by atoms with Gasteiger partial charge in [-0.05, 0) is 54.1 Å². The van der Waals surface area contributed by atoms with Crippen molar-refractivity contribution in [3.05, 3.63) is 76.4 Å². The Morgan fingerprint density at radius 1 is 1.10 bits per heavy atom. The molecule has 3 heterocycles. The van der Waals surface area contributed by atoms with Crippen LogP contribution >= 0.6 is 22.9 Å². The second-order valence-electron chi connectivity index (χ2n) is 6.63. The molecule has 0 spiro atoms. The number of carbonyl (C=O) groups is 1. The third-order valence-electron chi connectivity index (χ3n) is 4.68. The number of hydrogen-bond acceptors (Lipinski definition) is 7. The van der Waals surface area contributed by atoms with Crippen LogP contribution in [0.2, 0.25) is 5.02 Å². The van der Waals surface area contributed by atoms with Gasteiger partial charge in [-0.1, -0.05) is 11.6 Å². The van der Waals surface area contributed by atoms with Gasteiger partial charge in [-0.25, -0.2) is 0 Å². The molecule has 6 nitrogen and oxygen atoms in total. The number of carbonyl (C=O) groups excluding carboxylic acids is 1. The van der Waals surface area contributed by atoms with E-state index in [-0.39, 0.29) is 12.4 Å². The Morgan fingerprint density at radius 2 is 1.81 bits per heavy atom. The molecule has 1 aliphatic heterocycles. The Bertz CT molecular complexity index is 1320. The summed E-state index contributed by atoms with van der Waals surface area (Å²) in [4.78, 5) is 16.5. The monoisotopic (exact) mass is 450 g/mol. The molecule has 0 amide bonds. The van der Waals surface area contributed by atoms with Crippen LogP contribution in [0.1, 0.15) is 10.4 Å².